The predicted octanol–water partition coefficient (Wildman–Crippen LogP) is 4.23. The van der Waals surface area contributed by atoms with Gasteiger partial charge in [-0.15, -0.1) is 0 Å². The molecular formula is C25H30N2O2. The maximum atomic E-state index is 5.92. The third kappa shape index (κ3) is 5.28. The molecule has 0 bridgehead atoms. The van der Waals surface area contributed by atoms with Crippen LogP contribution in [0.25, 0.3) is 10.8 Å². The van der Waals surface area contributed by atoms with Crippen molar-refractivity contribution in [3.8, 4) is 5.75 Å². The van der Waals surface area contributed by atoms with Gasteiger partial charge in [0.1, 0.15) is 5.75 Å². The van der Waals surface area contributed by atoms with Gasteiger partial charge in [0.05, 0.1) is 20.3 Å². The summed E-state index contributed by atoms with van der Waals surface area (Å²) in [7, 11) is 1.71. The van der Waals surface area contributed by atoms with Crippen LogP contribution in [0.15, 0.2) is 66.7 Å². The van der Waals surface area contributed by atoms with Crippen LogP contribution in [0.2, 0.25) is 0 Å². The molecule has 4 nitrogen and oxygen atoms in total. The summed E-state index contributed by atoms with van der Waals surface area (Å²) in [6.45, 7) is 6.88. The molecule has 1 heterocycles. The summed E-state index contributed by atoms with van der Waals surface area (Å²) in [5.74, 6) is 0.910. The minimum Gasteiger partial charge on any atom is -0.497 e. The Bertz CT molecular complexity index is 902. The lowest BCUT2D eigenvalue weighted by Crippen LogP contribution is -2.47. The second-order valence-corrected chi connectivity index (χ2v) is 7.57. The average Bonchev–Trinajstić information content (AvgIpc) is 2.79. The molecule has 0 radical (unpaired) electrons. The quantitative estimate of drug-likeness (QED) is 0.538. The Labute approximate surface area is 173 Å². The molecule has 29 heavy (non-hydrogen) atoms. The van der Waals surface area contributed by atoms with Gasteiger partial charge in [0.25, 0.3) is 0 Å². The van der Waals surface area contributed by atoms with Crippen molar-refractivity contribution in [1.82, 2.24) is 4.90 Å². The first-order valence-electron chi connectivity index (χ1n) is 10.5. The van der Waals surface area contributed by atoms with E-state index in [0.717, 1.165) is 58.1 Å². The molecular weight excluding hydrogens is 360 g/mol. The van der Waals surface area contributed by atoms with E-state index in [9.17, 15) is 0 Å². The molecule has 3 aromatic carbocycles. The van der Waals surface area contributed by atoms with Crippen LogP contribution in [0.1, 0.15) is 5.56 Å². The van der Waals surface area contributed by atoms with E-state index in [4.69, 9.17) is 9.47 Å². The first-order valence-corrected chi connectivity index (χ1v) is 10.5. The topological polar surface area (TPSA) is 24.9 Å². The number of rotatable bonds is 8. The summed E-state index contributed by atoms with van der Waals surface area (Å²) < 4.78 is 11.2. The van der Waals surface area contributed by atoms with E-state index in [0.29, 0.717) is 0 Å². The Morgan fingerprint density at radius 1 is 0.793 bits per heavy atom. The summed E-state index contributed by atoms with van der Waals surface area (Å²) in [5.41, 5.74) is 2.62. The van der Waals surface area contributed by atoms with Crippen LogP contribution in [0, 0.1) is 0 Å². The summed E-state index contributed by atoms with van der Waals surface area (Å²) >= 11 is 0. The molecule has 0 aromatic heterocycles. The van der Waals surface area contributed by atoms with Crippen LogP contribution in [0.4, 0.5) is 5.69 Å². The van der Waals surface area contributed by atoms with Crippen LogP contribution in [-0.4, -0.2) is 57.9 Å². The Morgan fingerprint density at radius 3 is 2.31 bits per heavy atom. The van der Waals surface area contributed by atoms with Crippen LogP contribution in [0.5, 0.6) is 5.75 Å². The number of ether oxygens (including phenoxy) is 2. The predicted molar refractivity (Wildman–Crippen MR) is 120 cm³/mol. The van der Waals surface area contributed by atoms with Crippen molar-refractivity contribution < 1.29 is 9.47 Å². The van der Waals surface area contributed by atoms with Crippen molar-refractivity contribution in [3.63, 3.8) is 0 Å². The third-order valence-corrected chi connectivity index (χ3v) is 5.71. The van der Waals surface area contributed by atoms with Crippen molar-refractivity contribution in [2.75, 3.05) is 57.9 Å². The van der Waals surface area contributed by atoms with E-state index in [-0.39, 0.29) is 0 Å². The number of anilines is 1. The standard InChI is InChI=1S/C25H30N2O2/c1-28-25-10-8-24(9-11-25)27-15-13-26(14-16-27)17-19-29-18-12-21-6-7-22-4-2-3-5-23(22)20-21/h2-11,20H,12-19H2,1H3. The van der Waals surface area contributed by atoms with E-state index in [2.05, 4.69) is 64.4 Å². The zero-order valence-electron chi connectivity index (χ0n) is 17.2. The van der Waals surface area contributed by atoms with Gasteiger partial charge < -0.3 is 14.4 Å². The fourth-order valence-corrected chi connectivity index (χ4v) is 3.90. The fourth-order valence-electron chi connectivity index (χ4n) is 3.90. The molecule has 3 aromatic rings. The number of nitrogens with zero attached hydrogens (tertiary/aromatic N) is 2. The fraction of sp³-hybridized carbons (Fsp3) is 0.360. The monoisotopic (exact) mass is 390 g/mol. The minimum absolute atomic E-state index is 0.782. The number of methoxy groups -OCH3 is 1. The summed E-state index contributed by atoms with van der Waals surface area (Å²) in [6.07, 6.45) is 0.968. The highest BCUT2D eigenvalue weighted by Gasteiger charge is 2.16. The minimum atomic E-state index is 0.782. The Hall–Kier alpha value is -2.56. The summed E-state index contributed by atoms with van der Waals surface area (Å²) in [4.78, 5) is 4.94. The molecule has 0 saturated carbocycles. The number of fused-ring (bicyclic) bond motifs is 1. The van der Waals surface area contributed by atoms with Crippen LogP contribution in [0.3, 0.4) is 0 Å². The van der Waals surface area contributed by atoms with E-state index < -0.39 is 0 Å². The third-order valence-electron chi connectivity index (χ3n) is 5.71. The molecule has 4 heteroatoms. The molecule has 0 amide bonds. The molecule has 1 aliphatic rings. The van der Waals surface area contributed by atoms with Crippen molar-refractivity contribution >= 4 is 16.5 Å². The molecule has 1 saturated heterocycles. The highest BCUT2D eigenvalue weighted by Crippen LogP contribution is 2.20. The highest BCUT2D eigenvalue weighted by molar-refractivity contribution is 5.82. The van der Waals surface area contributed by atoms with Gasteiger partial charge in [-0.05, 0) is 47.0 Å². The van der Waals surface area contributed by atoms with Gasteiger partial charge in [-0.3, -0.25) is 4.90 Å². The van der Waals surface area contributed by atoms with E-state index in [1.807, 2.05) is 12.1 Å². The lowest BCUT2D eigenvalue weighted by Gasteiger charge is -2.36. The van der Waals surface area contributed by atoms with Gasteiger partial charge in [-0.25, -0.2) is 0 Å². The van der Waals surface area contributed by atoms with Crippen molar-refractivity contribution in [3.05, 3.63) is 72.3 Å². The van der Waals surface area contributed by atoms with Gasteiger partial charge in [-0.1, -0.05) is 42.5 Å². The molecule has 1 fully saturated rings. The molecule has 0 spiro atoms. The maximum absolute atomic E-state index is 5.92. The Morgan fingerprint density at radius 2 is 1.55 bits per heavy atom. The largest absolute Gasteiger partial charge is 0.497 e. The zero-order chi connectivity index (χ0) is 19.9. The van der Waals surface area contributed by atoms with E-state index in [1.165, 1.54) is 22.0 Å². The molecule has 0 N–H and O–H groups in total. The second-order valence-electron chi connectivity index (χ2n) is 7.57. The normalized spacial score (nSPS) is 15.0. The van der Waals surface area contributed by atoms with Crippen LogP contribution < -0.4 is 9.64 Å². The molecule has 1 aliphatic heterocycles. The van der Waals surface area contributed by atoms with Gasteiger partial charge in [0, 0.05) is 38.4 Å². The van der Waals surface area contributed by atoms with Crippen molar-refractivity contribution in [2.24, 2.45) is 0 Å². The lowest BCUT2D eigenvalue weighted by atomic mass is 10.1. The van der Waals surface area contributed by atoms with Crippen LogP contribution in [-0.2, 0) is 11.2 Å². The summed E-state index contributed by atoms with van der Waals surface area (Å²) in [5, 5.41) is 2.60. The van der Waals surface area contributed by atoms with Crippen molar-refractivity contribution in [1.29, 1.82) is 0 Å². The maximum Gasteiger partial charge on any atom is 0.119 e. The first kappa shape index (κ1) is 19.7. The number of hydrogen-bond acceptors (Lipinski definition) is 4. The summed E-state index contributed by atoms with van der Waals surface area (Å²) in [6, 6.07) is 23.5. The van der Waals surface area contributed by atoms with Crippen LogP contribution >= 0.6 is 0 Å². The molecule has 4 rings (SSSR count). The number of hydrogen-bond donors (Lipinski definition) is 0. The average molecular weight is 391 g/mol. The molecule has 0 aliphatic carbocycles. The molecule has 152 valence electrons. The first-order chi connectivity index (χ1) is 14.3. The van der Waals surface area contributed by atoms with Gasteiger partial charge in [-0.2, -0.15) is 0 Å². The smallest absolute Gasteiger partial charge is 0.119 e. The van der Waals surface area contributed by atoms with Gasteiger partial charge >= 0.3 is 0 Å². The lowest BCUT2D eigenvalue weighted by molar-refractivity contribution is 0.104. The molecule has 0 unspecified atom stereocenters. The SMILES string of the molecule is COc1ccc(N2CCN(CCOCCc3ccc4ccccc4c3)CC2)cc1. The highest BCUT2D eigenvalue weighted by atomic mass is 16.5. The van der Waals surface area contributed by atoms with E-state index >= 15 is 0 Å². The van der Waals surface area contributed by atoms with Gasteiger partial charge in [0.15, 0.2) is 0 Å². The van der Waals surface area contributed by atoms with Crippen molar-refractivity contribution in [2.45, 2.75) is 6.42 Å². The molecule has 0 atom stereocenters. The number of piperazine rings is 1. The van der Waals surface area contributed by atoms with E-state index in [1.54, 1.807) is 7.11 Å². The Balaban J connectivity index is 1.14. The second kappa shape index (κ2) is 9.77. The number of benzene rings is 3. The van der Waals surface area contributed by atoms with Gasteiger partial charge in [0.2, 0.25) is 0 Å². The zero-order valence-corrected chi connectivity index (χ0v) is 17.2. The Kier molecular flexibility index (Phi) is 6.65.